The number of aryl methyl sites for hydroxylation is 1. The summed E-state index contributed by atoms with van der Waals surface area (Å²) in [6.45, 7) is 2.02. The van der Waals surface area contributed by atoms with Crippen LogP contribution >= 0.6 is 0 Å². The fourth-order valence-corrected chi connectivity index (χ4v) is 1.75. The molecule has 1 N–H and O–H groups in total. The van der Waals surface area contributed by atoms with Gasteiger partial charge < -0.3 is 9.84 Å². The van der Waals surface area contributed by atoms with Gasteiger partial charge >= 0.3 is 5.97 Å². The van der Waals surface area contributed by atoms with E-state index in [9.17, 15) is 9.90 Å². The highest BCUT2D eigenvalue weighted by Crippen LogP contribution is 2.18. The van der Waals surface area contributed by atoms with E-state index in [1.54, 1.807) is 24.4 Å². The van der Waals surface area contributed by atoms with Gasteiger partial charge in [0, 0.05) is 6.20 Å². The molecule has 0 saturated heterocycles. The molecule has 0 saturated carbocycles. The highest BCUT2D eigenvalue weighted by atomic mass is 16.5. The second-order valence-electron chi connectivity index (χ2n) is 4.27. The van der Waals surface area contributed by atoms with Gasteiger partial charge in [0.15, 0.2) is 0 Å². The van der Waals surface area contributed by atoms with Crippen LogP contribution in [-0.2, 0) is 4.79 Å². The van der Waals surface area contributed by atoms with Gasteiger partial charge in [0.2, 0.25) is 0 Å². The van der Waals surface area contributed by atoms with Gasteiger partial charge in [0.25, 0.3) is 0 Å². The number of hydrogen-bond donors (Lipinski definition) is 1. The number of ether oxygens (including phenoxy) is 1. The molecule has 0 bridgehead atoms. The second kappa shape index (κ2) is 6.00. The van der Waals surface area contributed by atoms with Crippen LogP contribution in [0.5, 0.6) is 5.75 Å². The molecule has 1 heterocycles. The lowest BCUT2D eigenvalue weighted by atomic mass is 10.1. The lowest BCUT2D eigenvalue weighted by molar-refractivity contribution is -0.139. The van der Waals surface area contributed by atoms with Crippen molar-refractivity contribution in [2.24, 2.45) is 0 Å². The Morgan fingerprint density at radius 3 is 2.79 bits per heavy atom. The molecule has 1 aromatic heterocycles. The number of hydrogen-bond acceptors (Lipinski definition) is 3. The molecule has 98 valence electrons. The summed E-state index contributed by atoms with van der Waals surface area (Å²) in [4.78, 5) is 15.3. The normalized spacial score (nSPS) is 11.8. The maximum Gasteiger partial charge on any atom is 0.316 e. The van der Waals surface area contributed by atoms with Gasteiger partial charge in [0.1, 0.15) is 18.3 Å². The molecule has 1 aromatic carbocycles. The zero-order valence-electron chi connectivity index (χ0n) is 10.6. The highest BCUT2D eigenvalue weighted by Gasteiger charge is 2.21. The molecule has 0 aliphatic heterocycles. The van der Waals surface area contributed by atoms with Crippen molar-refractivity contribution in [3.05, 3.63) is 59.9 Å². The minimum atomic E-state index is -0.939. The second-order valence-corrected chi connectivity index (χ2v) is 4.27. The summed E-state index contributed by atoms with van der Waals surface area (Å²) in [7, 11) is 0. The van der Waals surface area contributed by atoms with Crippen molar-refractivity contribution in [3.8, 4) is 5.75 Å². The molecule has 0 aliphatic rings. The van der Waals surface area contributed by atoms with E-state index in [0.29, 0.717) is 11.4 Å². The number of pyridine rings is 1. The largest absolute Gasteiger partial charge is 0.492 e. The third-order valence-electron chi connectivity index (χ3n) is 2.75. The van der Waals surface area contributed by atoms with Crippen LogP contribution in [0.25, 0.3) is 0 Å². The van der Waals surface area contributed by atoms with Gasteiger partial charge in [-0.1, -0.05) is 18.2 Å². The summed E-state index contributed by atoms with van der Waals surface area (Å²) < 4.78 is 5.54. The Labute approximate surface area is 111 Å². The first kappa shape index (κ1) is 13.1. The van der Waals surface area contributed by atoms with Gasteiger partial charge in [-0.05, 0) is 36.8 Å². The molecule has 0 aliphatic carbocycles. The van der Waals surface area contributed by atoms with Crippen LogP contribution in [0.3, 0.4) is 0 Å². The Kier molecular flexibility index (Phi) is 4.13. The van der Waals surface area contributed by atoms with Gasteiger partial charge in [-0.3, -0.25) is 9.78 Å². The molecule has 0 amide bonds. The minimum Gasteiger partial charge on any atom is -0.492 e. The van der Waals surface area contributed by atoms with Crippen molar-refractivity contribution in [1.29, 1.82) is 0 Å². The van der Waals surface area contributed by atoms with Crippen molar-refractivity contribution >= 4 is 5.97 Å². The Bertz CT molecular complexity index is 554. The summed E-state index contributed by atoms with van der Waals surface area (Å²) in [6.07, 6.45) is 1.58. The molecule has 19 heavy (non-hydrogen) atoms. The van der Waals surface area contributed by atoms with Crippen molar-refractivity contribution in [2.45, 2.75) is 12.8 Å². The maximum atomic E-state index is 11.3. The zero-order chi connectivity index (χ0) is 13.7. The number of carboxylic acid groups (broad SMARTS) is 1. The van der Waals surface area contributed by atoms with Crippen LogP contribution in [0.15, 0.2) is 48.7 Å². The summed E-state index contributed by atoms with van der Waals surface area (Å²) >= 11 is 0. The fraction of sp³-hybridized carbons (Fsp3) is 0.200. The predicted molar refractivity (Wildman–Crippen MR) is 71.3 cm³/mol. The summed E-state index contributed by atoms with van der Waals surface area (Å²) in [6, 6.07) is 12.7. The number of aliphatic carboxylic acids is 1. The third kappa shape index (κ3) is 3.55. The topological polar surface area (TPSA) is 59.4 Å². The molecule has 4 heteroatoms. The first-order valence-corrected chi connectivity index (χ1v) is 6.00. The summed E-state index contributed by atoms with van der Waals surface area (Å²) in [5.41, 5.74) is 1.57. The van der Waals surface area contributed by atoms with Crippen molar-refractivity contribution < 1.29 is 14.6 Å². The van der Waals surface area contributed by atoms with Gasteiger partial charge in [-0.25, -0.2) is 0 Å². The molecule has 4 nitrogen and oxygen atoms in total. The van der Waals surface area contributed by atoms with Gasteiger partial charge in [-0.15, -0.1) is 0 Å². The average molecular weight is 257 g/mol. The van der Waals surface area contributed by atoms with Crippen LogP contribution in [-0.4, -0.2) is 22.7 Å². The number of benzene rings is 1. The van der Waals surface area contributed by atoms with Gasteiger partial charge in [-0.2, -0.15) is 0 Å². The summed E-state index contributed by atoms with van der Waals surface area (Å²) in [5, 5.41) is 9.24. The van der Waals surface area contributed by atoms with E-state index in [1.165, 1.54) is 0 Å². The molecule has 2 aromatic rings. The number of rotatable bonds is 5. The Morgan fingerprint density at radius 1 is 1.32 bits per heavy atom. The van der Waals surface area contributed by atoms with E-state index in [4.69, 9.17) is 4.74 Å². The minimum absolute atomic E-state index is 0.0653. The van der Waals surface area contributed by atoms with Crippen molar-refractivity contribution in [2.75, 3.05) is 6.61 Å². The standard InChI is InChI=1S/C15H15NO3/c1-11-5-4-6-12(9-11)19-10-13(15(17)18)14-7-2-3-8-16-14/h2-9,13H,10H2,1H3,(H,17,18). The SMILES string of the molecule is Cc1cccc(OCC(C(=O)O)c2ccccn2)c1. The Morgan fingerprint density at radius 2 is 2.16 bits per heavy atom. The van der Waals surface area contributed by atoms with E-state index in [2.05, 4.69) is 4.98 Å². The molecule has 0 spiro atoms. The maximum absolute atomic E-state index is 11.3. The average Bonchev–Trinajstić information content (AvgIpc) is 2.40. The number of carboxylic acids is 1. The van der Waals surface area contributed by atoms with E-state index in [-0.39, 0.29) is 6.61 Å². The van der Waals surface area contributed by atoms with Crippen LogP contribution < -0.4 is 4.74 Å². The monoisotopic (exact) mass is 257 g/mol. The number of nitrogens with zero attached hydrogens (tertiary/aromatic N) is 1. The molecule has 1 unspecified atom stereocenters. The highest BCUT2D eigenvalue weighted by molar-refractivity contribution is 5.75. The van der Waals surface area contributed by atoms with E-state index < -0.39 is 11.9 Å². The molecule has 0 radical (unpaired) electrons. The van der Waals surface area contributed by atoms with E-state index in [1.807, 2.05) is 31.2 Å². The Balaban J connectivity index is 2.08. The Hall–Kier alpha value is -2.36. The molecular formula is C15H15NO3. The quantitative estimate of drug-likeness (QED) is 0.894. The first-order chi connectivity index (χ1) is 9.16. The van der Waals surface area contributed by atoms with Crippen molar-refractivity contribution in [1.82, 2.24) is 4.98 Å². The summed E-state index contributed by atoms with van der Waals surface area (Å²) in [5.74, 6) is -1.03. The molecule has 0 fully saturated rings. The lowest BCUT2D eigenvalue weighted by Gasteiger charge is -2.13. The van der Waals surface area contributed by atoms with Gasteiger partial charge in [0.05, 0.1) is 5.69 Å². The third-order valence-corrected chi connectivity index (χ3v) is 2.75. The molecule has 1 atom stereocenters. The smallest absolute Gasteiger partial charge is 0.316 e. The molecule has 2 rings (SSSR count). The predicted octanol–water partition coefficient (Wildman–Crippen LogP) is 2.64. The zero-order valence-corrected chi connectivity index (χ0v) is 10.6. The van der Waals surface area contributed by atoms with Crippen LogP contribution in [0.4, 0.5) is 0 Å². The van der Waals surface area contributed by atoms with Crippen LogP contribution in [0.2, 0.25) is 0 Å². The van der Waals surface area contributed by atoms with E-state index in [0.717, 1.165) is 5.56 Å². The number of aromatic nitrogens is 1. The van der Waals surface area contributed by atoms with Crippen LogP contribution in [0.1, 0.15) is 17.2 Å². The van der Waals surface area contributed by atoms with Crippen LogP contribution in [0, 0.1) is 6.92 Å². The number of carbonyl (C=O) groups is 1. The van der Waals surface area contributed by atoms with Crippen molar-refractivity contribution in [3.63, 3.8) is 0 Å². The fourth-order valence-electron chi connectivity index (χ4n) is 1.75. The first-order valence-electron chi connectivity index (χ1n) is 6.00. The lowest BCUT2D eigenvalue weighted by Crippen LogP contribution is -2.20. The van der Waals surface area contributed by atoms with E-state index >= 15 is 0 Å². The molecular weight excluding hydrogens is 242 g/mol.